The standard InChI is InChI=1S/C25H30Cl2N4O3/c26-23(27)25(33)29-20-6-7-22(31-11-8-18-4-1-2-5-19(18)17-31)21(16-20)24(32)28-9-3-10-30-12-14-34-15-13-30/h1-2,4-7,16,23H,3,8-15,17H2,(H,28,32)(H,29,33). The molecule has 0 saturated carbocycles. The van der Waals surface area contributed by atoms with Crippen LogP contribution >= 0.6 is 23.2 Å². The van der Waals surface area contributed by atoms with Gasteiger partial charge in [0.2, 0.25) is 0 Å². The second kappa shape index (κ2) is 11.9. The Hall–Kier alpha value is -2.32. The molecule has 7 nitrogen and oxygen atoms in total. The van der Waals surface area contributed by atoms with Gasteiger partial charge in [-0.15, -0.1) is 0 Å². The maximum Gasteiger partial charge on any atom is 0.257 e. The largest absolute Gasteiger partial charge is 0.379 e. The maximum absolute atomic E-state index is 13.2. The van der Waals surface area contributed by atoms with Gasteiger partial charge in [0.15, 0.2) is 4.84 Å². The second-order valence-electron chi connectivity index (χ2n) is 8.53. The first-order valence-electron chi connectivity index (χ1n) is 11.6. The smallest absolute Gasteiger partial charge is 0.257 e. The topological polar surface area (TPSA) is 73.9 Å². The van der Waals surface area contributed by atoms with E-state index in [1.807, 2.05) is 12.1 Å². The number of nitrogens with zero attached hydrogens (tertiary/aromatic N) is 2. The van der Waals surface area contributed by atoms with E-state index >= 15 is 0 Å². The zero-order chi connectivity index (χ0) is 23.9. The monoisotopic (exact) mass is 504 g/mol. The average molecular weight is 505 g/mol. The maximum atomic E-state index is 13.2. The van der Waals surface area contributed by atoms with Crippen LogP contribution in [0.1, 0.15) is 27.9 Å². The number of morpholine rings is 1. The number of nitrogens with one attached hydrogen (secondary N) is 2. The molecule has 0 aliphatic carbocycles. The molecule has 2 aromatic carbocycles. The first kappa shape index (κ1) is 24.8. The second-order valence-corrected chi connectivity index (χ2v) is 9.62. The lowest BCUT2D eigenvalue weighted by Crippen LogP contribution is -2.38. The van der Waals surface area contributed by atoms with Crippen molar-refractivity contribution in [1.29, 1.82) is 0 Å². The number of alkyl halides is 2. The molecule has 2 aliphatic rings. The molecule has 0 spiro atoms. The van der Waals surface area contributed by atoms with E-state index in [2.05, 4.69) is 38.6 Å². The van der Waals surface area contributed by atoms with E-state index in [1.165, 1.54) is 11.1 Å². The van der Waals surface area contributed by atoms with Gasteiger partial charge >= 0.3 is 0 Å². The number of halogens is 2. The number of hydrogen-bond donors (Lipinski definition) is 2. The summed E-state index contributed by atoms with van der Waals surface area (Å²) in [6.45, 7) is 6.41. The molecule has 34 heavy (non-hydrogen) atoms. The first-order chi connectivity index (χ1) is 16.5. The number of hydrogen-bond acceptors (Lipinski definition) is 5. The van der Waals surface area contributed by atoms with Crippen molar-refractivity contribution in [2.24, 2.45) is 0 Å². The van der Waals surface area contributed by atoms with Gasteiger partial charge < -0.3 is 20.3 Å². The molecule has 2 heterocycles. The van der Waals surface area contributed by atoms with Crippen LogP contribution in [0.2, 0.25) is 0 Å². The fourth-order valence-corrected chi connectivity index (χ4v) is 4.50. The van der Waals surface area contributed by atoms with Crippen molar-refractivity contribution < 1.29 is 14.3 Å². The normalized spacial score (nSPS) is 16.3. The SMILES string of the molecule is O=C(NCCCN1CCOCC1)c1cc(NC(=O)C(Cl)Cl)ccc1N1CCc2ccccc2C1. The van der Waals surface area contributed by atoms with Crippen molar-refractivity contribution in [2.45, 2.75) is 24.2 Å². The molecule has 2 amide bonds. The number of amides is 2. The Balaban J connectivity index is 1.47. The molecular formula is C25H30Cl2N4O3. The molecule has 2 N–H and O–H groups in total. The number of benzene rings is 2. The molecule has 182 valence electrons. The minimum absolute atomic E-state index is 0.166. The number of rotatable bonds is 8. The van der Waals surface area contributed by atoms with Crippen LogP contribution in [0.25, 0.3) is 0 Å². The highest BCUT2D eigenvalue weighted by Crippen LogP contribution is 2.30. The van der Waals surface area contributed by atoms with Gasteiger partial charge in [-0.05, 0) is 48.7 Å². The highest BCUT2D eigenvalue weighted by molar-refractivity contribution is 6.54. The minimum Gasteiger partial charge on any atom is -0.379 e. The molecule has 1 fully saturated rings. The first-order valence-corrected chi connectivity index (χ1v) is 12.5. The van der Waals surface area contributed by atoms with Crippen LogP contribution in [0, 0.1) is 0 Å². The average Bonchev–Trinajstić information content (AvgIpc) is 2.86. The zero-order valence-corrected chi connectivity index (χ0v) is 20.6. The summed E-state index contributed by atoms with van der Waals surface area (Å²) in [6, 6.07) is 13.7. The third kappa shape index (κ3) is 6.42. The van der Waals surface area contributed by atoms with Gasteiger partial charge in [-0.3, -0.25) is 14.5 Å². The molecule has 0 radical (unpaired) electrons. The molecule has 9 heteroatoms. The van der Waals surface area contributed by atoms with Gasteiger partial charge in [-0.1, -0.05) is 47.5 Å². The molecule has 0 aromatic heterocycles. The lowest BCUT2D eigenvalue weighted by molar-refractivity contribution is -0.114. The van der Waals surface area contributed by atoms with E-state index in [1.54, 1.807) is 12.1 Å². The van der Waals surface area contributed by atoms with Gasteiger partial charge in [0, 0.05) is 44.1 Å². The Morgan fingerprint density at radius 1 is 1.03 bits per heavy atom. The molecule has 2 aromatic rings. The zero-order valence-electron chi connectivity index (χ0n) is 19.1. The summed E-state index contributed by atoms with van der Waals surface area (Å²) in [5, 5.41) is 5.72. The van der Waals surface area contributed by atoms with Crippen molar-refractivity contribution in [3.63, 3.8) is 0 Å². The van der Waals surface area contributed by atoms with Gasteiger partial charge in [0.25, 0.3) is 11.8 Å². The summed E-state index contributed by atoms with van der Waals surface area (Å²) in [7, 11) is 0. The van der Waals surface area contributed by atoms with E-state index < -0.39 is 10.7 Å². The number of carbonyl (C=O) groups is 2. The number of anilines is 2. The lowest BCUT2D eigenvalue weighted by Gasteiger charge is -2.32. The van der Waals surface area contributed by atoms with E-state index in [-0.39, 0.29) is 5.91 Å². The van der Waals surface area contributed by atoms with Crippen molar-refractivity contribution in [3.8, 4) is 0 Å². The van der Waals surface area contributed by atoms with Crippen molar-refractivity contribution in [3.05, 3.63) is 59.2 Å². The number of fused-ring (bicyclic) bond motifs is 1. The summed E-state index contributed by atoms with van der Waals surface area (Å²) in [5.74, 6) is -0.694. The fraction of sp³-hybridized carbons (Fsp3) is 0.440. The Kier molecular flexibility index (Phi) is 8.67. The molecule has 1 saturated heterocycles. The number of carbonyl (C=O) groups excluding carboxylic acids is 2. The van der Waals surface area contributed by atoms with E-state index in [9.17, 15) is 9.59 Å². The number of ether oxygens (including phenoxy) is 1. The summed E-state index contributed by atoms with van der Waals surface area (Å²) in [5.41, 5.74) is 4.44. The third-order valence-electron chi connectivity index (χ3n) is 6.22. The van der Waals surface area contributed by atoms with Crippen LogP contribution in [0.3, 0.4) is 0 Å². The lowest BCUT2D eigenvalue weighted by atomic mass is 9.98. The minimum atomic E-state index is -1.18. The van der Waals surface area contributed by atoms with E-state index in [4.69, 9.17) is 27.9 Å². The third-order valence-corrected chi connectivity index (χ3v) is 6.62. The van der Waals surface area contributed by atoms with Crippen molar-refractivity contribution in [1.82, 2.24) is 10.2 Å². The summed E-state index contributed by atoms with van der Waals surface area (Å²) < 4.78 is 5.39. The van der Waals surface area contributed by atoms with Gasteiger partial charge in [-0.25, -0.2) is 0 Å². The van der Waals surface area contributed by atoms with E-state index in [0.717, 1.165) is 64.5 Å². The molecule has 0 unspecified atom stereocenters. The van der Waals surface area contributed by atoms with Crippen LogP contribution < -0.4 is 15.5 Å². The quantitative estimate of drug-likeness (QED) is 0.425. The Labute approximate surface area is 210 Å². The van der Waals surface area contributed by atoms with E-state index in [0.29, 0.717) is 17.8 Å². The van der Waals surface area contributed by atoms with Crippen molar-refractivity contribution in [2.75, 3.05) is 56.2 Å². The Morgan fingerprint density at radius 2 is 1.79 bits per heavy atom. The molecule has 2 aliphatic heterocycles. The Bertz CT molecular complexity index is 1010. The van der Waals surface area contributed by atoms with Crippen LogP contribution in [-0.2, 0) is 22.5 Å². The summed E-state index contributed by atoms with van der Waals surface area (Å²) in [6.07, 6.45) is 1.77. The predicted octanol–water partition coefficient (Wildman–Crippen LogP) is 3.44. The van der Waals surface area contributed by atoms with Crippen molar-refractivity contribution >= 4 is 46.4 Å². The summed E-state index contributed by atoms with van der Waals surface area (Å²) >= 11 is 11.4. The highest BCUT2D eigenvalue weighted by Gasteiger charge is 2.22. The van der Waals surface area contributed by atoms with Crippen LogP contribution in [-0.4, -0.2) is 67.5 Å². The predicted molar refractivity (Wildman–Crippen MR) is 136 cm³/mol. The van der Waals surface area contributed by atoms with Crippen LogP contribution in [0.15, 0.2) is 42.5 Å². The van der Waals surface area contributed by atoms with Gasteiger partial charge in [-0.2, -0.15) is 0 Å². The van der Waals surface area contributed by atoms with Crippen LogP contribution in [0.4, 0.5) is 11.4 Å². The summed E-state index contributed by atoms with van der Waals surface area (Å²) in [4.78, 5) is 28.6. The van der Waals surface area contributed by atoms with Gasteiger partial charge in [0.05, 0.1) is 18.8 Å². The molecule has 4 rings (SSSR count). The van der Waals surface area contributed by atoms with Crippen LogP contribution in [0.5, 0.6) is 0 Å². The Morgan fingerprint density at radius 3 is 2.56 bits per heavy atom. The fourth-order valence-electron chi connectivity index (χ4n) is 4.39. The molecular weight excluding hydrogens is 475 g/mol. The molecule has 0 atom stereocenters. The van der Waals surface area contributed by atoms with Gasteiger partial charge in [0.1, 0.15) is 0 Å². The molecule has 0 bridgehead atoms. The highest BCUT2D eigenvalue weighted by atomic mass is 35.5.